The van der Waals surface area contributed by atoms with Crippen LogP contribution < -0.4 is 21.3 Å². The van der Waals surface area contributed by atoms with E-state index in [1.807, 2.05) is 18.2 Å². The van der Waals surface area contributed by atoms with Gasteiger partial charge in [-0.3, -0.25) is 14.8 Å². The molecule has 1 saturated heterocycles. The van der Waals surface area contributed by atoms with Gasteiger partial charge in [-0.2, -0.15) is 0 Å². The van der Waals surface area contributed by atoms with Crippen molar-refractivity contribution >= 4 is 39.8 Å². The van der Waals surface area contributed by atoms with Crippen LogP contribution in [-0.4, -0.2) is 58.2 Å². The summed E-state index contributed by atoms with van der Waals surface area (Å²) in [6, 6.07) is 13.4. The minimum absolute atomic E-state index is 0.0544. The highest BCUT2D eigenvalue weighted by atomic mass is 16.5. The molecule has 1 unspecified atom stereocenters. The number of carbonyl (C=O) groups is 1. The lowest BCUT2D eigenvalue weighted by molar-refractivity contribution is -0.111. The van der Waals surface area contributed by atoms with Crippen LogP contribution in [0, 0.1) is 0 Å². The summed E-state index contributed by atoms with van der Waals surface area (Å²) in [7, 11) is 0. The van der Waals surface area contributed by atoms with Crippen LogP contribution in [0.25, 0.3) is 22.3 Å². The minimum Gasteiger partial charge on any atom is -0.373 e. The molecule has 4 heterocycles. The number of hydrogen-bond acceptors (Lipinski definition) is 9. The highest BCUT2D eigenvalue weighted by Crippen LogP contribution is 2.27. The number of nitrogens with zero attached hydrogens (tertiary/aromatic N) is 5. The molecule has 182 valence electrons. The number of nitrogens with one attached hydrogen (secondary N) is 2. The summed E-state index contributed by atoms with van der Waals surface area (Å²) in [5.74, 6) is 0.140. The number of amides is 1. The van der Waals surface area contributed by atoms with Crippen molar-refractivity contribution < 1.29 is 9.53 Å². The molecule has 4 N–H and O–H groups in total. The van der Waals surface area contributed by atoms with Gasteiger partial charge in [0.2, 0.25) is 11.9 Å². The van der Waals surface area contributed by atoms with Gasteiger partial charge in [0, 0.05) is 60.7 Å². The molecule has 10 nitrogen and oxygen atoms in total. The predicted octanol–water partition coefficient (Wildman–Crippen LogP) is 3.12. The van der Waals surface area contributed by atoms with E-state index in [0.29, 0.717) is 41.7 Å². The monoisotopic (exact) mass is 482 g/mol. The number of fused-ring (bicyclic) bond motifs is 1. The van der Waals surface area contributed by atoms with Crippen LogP contribution in [0.15, 0.2) is 73.7 Å². The fourth-order valence-corrected chi connectivity index (χ4v) is 4.02. The Morgan fingerprint density at radius 1 is 1.14 bits per heavy atom. The number of carbonyl (C=O) groups excluding carboxylic acids is 1. The molecule has 1 aliphatic rings. The third-order valence-corrected chi connectivity index (χ3v) is 5.84. The van der Waals surface area contributed by atoms with Crippen molar-refractivity contribution in [1.29, 1.82) is 0 Å². The molecule has 1 aliphatic heterocycles. The SMILES string of the molecule is C=CC(=O)Nc1ccnc(-c2nccc3cnc(Nc4ccc(N5CCOC(CN)C5)cc4)nc23)c1. The van der Waals surface area contributed by atoms with Gasteiger partial charge in [-0.15, -0.1) is 0 Å². The fourth-order valence-electron chi connectivity index (χ4n) is 4.02. The average molecular weight is 483 g/mol. The topological polar surface area (TPSA) is 131 Å². The van der Waals surface area contributed by atoms with E-state index in [1.165, 1.54) is 6.08 Å². The third kappa shape index (κ3) is 5.14. The Bertz CT molecular complexity index is 1390. The molecule has 10 heteroatoms. The first-order valence-electron chi connectivity index (χ1n) is 11.6. The molecule has 1 aromatic carbocycles. The number of hydrogen-bond donors (Lipinski definition) is 3. The second kappa shape index (κ2) is 10.5. The van der Waals surface area contributed by atoms with E-state index >= 15 is 0 Å². The molecule has 36 heavy (non-hydrogen) atoms. The van der Waals surface area contributed by atoms with Crippen LogP contribution in [-0.2, 0) is 9.53 Å². The third-order valence-electron chi connectivity index (χ3n) is 5.84. The predicted molar refractivity (Wildman–Crippen MR) is 140 cm³/mol. The van der Waals surface area contributed by atoms with Gasteiger partial charge in [0.1, 0.15) is 11.2 Å². The number of anilines is 4. The summed E-state index contributed by atoms with van der Waals surface area (Å²) >= 11 is 0. The first-order valence-corrected chi connectivity index (χ1v) is 11.6. The second-order valence-electron chi connectivity index (χ2n) is 8.26. The fraction of sp³-hybridized carbons (Fsp3) is 0.192. The van der Waals surface area contributed by atoms with Crippen molar-refractivity contribution in [3.8, 4) is 11.4 Å². The summed E-state index contributed by atoms with van der Waals surface area (Å²) in [4.78, 5) is 32.1. The number of nitrogens with two attached hydrogens (primary N) is 1. The molecule has 1 amide bonds. The minimum atomic E-state index is -0.300. The van der Waals surface area contributed by atoms with E-state index in [0.717, 1.165) is 29.9 Å². The first kappa shape index (κ1) is 23.3. The van der Waals surface area contributed by atoms with Gasteiger partial charge >= 0.3 is 0 Å². The number of ether oxygens (including phenoxy) is 1. The first-order chi connectivity index (χ1) is 17.6. The van der Waals surface area contributed by atoms with E-state index in [9.17, 15) is 4.79 Å². The van der Waals surface area contributed by atoms with Crippen molar-refractivity contribution in [3.05, 3.63) is 73.7 Å². The van der Waals surface area contributed by atoms with Crippen molar-refractivity contribution in [2.75, 3.05) is 41.8 Å². The lowest BCUT2D eigenvalue weighted by atomic mass is 10.1. The summed E-state index contributed by atoms with van der Waals surface area (Å²) in [5.41, 5.74) is 10.1. The number of pyridine rings is 2. The zero-order chi connectivity index (χ0) is 24.9. The van der Waals surface area contributed by atoms with Gasteiger partial charge in [-0.1, -0.05) is 6.58 Å². The summed E-state index contributed by atoms with van der Waals surface area (Å²) < 4.78 is 5.66. The van der Waals surface area contributed by atoms with Gasteiger partial charge in [-0.25, -0.2) is 9.97 Å². The van der Waals surface area contributed by atoms with Gasteiger partial charge in [-0.05, 0) is 48.5 Å². The maximum absolute atomic E-state index is 11.7. The van der Waals surface area contributed by atoms with Gasteiger partial charge in [0.15, 0.2) is 0 Å². The van der Waals surface area contributed by atoms with E-state index in [4.69, 9.17) is 15.5 Å². The van der Waals surface area contributed by atoms with Gasteiger partial charge in [0.05, 0.1) is 18.4 Å². The lowest BCUT2D eigenvalue weighted by Crippen LogP contribution is -2.45. The second-order valence-corrected chi connectivity index (χ2v) is 8.26. The molecule has 1 atom stereocenters. The number of benzene rings is 1. The van der Waals surface area contributed by atoms with Gasteiger partial charge < -0.3 is 26.0 Å². The molecule has 3 aromatic heterocycles. The maximum atomic E-state index is 11.7. The number of aromatic nitrogens is 4. The van der Waals surface area contributed by atoms with Crippen LogP contribution in [0.5, 0.6) is 0 Å². The Kier molecular flexibility index (Phi) is 6.78. The zero-order valence-electron chi connectivity index (χ0n) is 19.6. The molecule has 4 aromatic rings. The van der Waals surface area contributed by atoms with Crippen molar-refractivity contribution in [3.63, 3.8) is 0 Å². The number of morpholine rings is 1. The standard InChI is InChI=1S/C26H26N8O2/c1-2-23(35)31-19-8-10-28-22(13-19)25-24-17(7-9-29-25)15-30-26(33-24)32-18-3-5-20(6-4-18)34-11-12-36-21(14-27)16-34/h2-10,13,15,21H,1,11-12,14,16,27H2,(H,28,31,35)(H,30,32,33). The van der Waals surface area contributed by atoms with Gasteiger partial charge in [0.25, 0.3) is 0 Å². The molecule has 1 fully saturated rings. The average Bonchev–Trinajstić information content (AvgIpc) is 2.93. The Morgan fingerprint density at radius 3 is 2.78 bits per heavy atom. The number of rotatable bonds is 7. The largest absolute Gasteiger partial charge is 0.373 e. The highest BCUT2D eigenvalue weighted by molar-refractivity contribution is 5.99. The van der Waals surface area contributed by atoms with Crippen LogP contribution in [0.1, 0.15) is 0 Å². The molecule has 0 spiro atoms. The van der Waals surface area contributed by atoms with E-state index < -0.39 is 0 Å². The molecule has 0 saturated carbocycles. The summed E-state index contributed by atoms with van der Waals surface area (Å²) in [6.45, 7) is 6.27. The summed E-state index contributed by atoms with van der Waals surface area (Å²) in [6.07, 6.45) is 6.31. The van der Waals surface area contributed by atoms with E-state index in [-0.39, 0.29) is 12.0 Å². The Hall–Kier alpha value is -4.41. The molecule has 5 rings (SSSR count). The Balaban J connectivity index is 1.38. The smallest absolute Gasteiger partial charge is 0.247 e. The van der Waals surface area contributed by atoms with Crippen LogP contribution >= 0.6 is 0 Å². The van der Waals surface area contributed by atoms with E-state index in [2.05, 4.69) is 49.2 Å². The van der Waals surface area contributed by atoms with Crippen molar-refractivity contribution in [2.24, 2.45) is 5.73 Å². The lowest BCUT2D eigenvalue weighted by Gasteiger charge is -2.34. The Labute approximate surface area is 208 Å². The Morgan fingerprint density at radius 2 is 1.97 bits per heavy atom. The van der Waals surface area contributed by atoms with Crippen molar-refractivity contribution in [1.82, 2.24) is 19.9 Å². The molecule has 0 aliphatic carbocycles. The van der Waals surface area contributed by atoms with Crippen LogP contribution in [0.3, 0.4) is 0 Å². The highest BCUT2D eigenvalue weighted by Gasteiger charge is 2.19. The normalized spacial score (nSPS) is 15.5. The molecule has 0 bridgehead atoms. The van der Waals surface area contributed by atoms with E-state index in [1.54, 1.807) is 30.7 Å². The molecular weight excluding hydrogens is 456 g/mol. The molecule has 0 radical (unpaired) electrons. The zero-order valence-corrected chi connectivity index (χ0v) is 19.6. The quantitative estimate of drug-likeness (QED) is 0.340. The summed E-state index contributed by atoms with van der Waals surface area (Å²) in [5, 5.41) is 6.83. The molecular formula is C26H26N8O2. The maximum Gasteiger partial charge on any atom is 0.247 e. The van der Waals surface area contributed by atoms with Crippen LogP contribution in [0.2, 0.25) is 0 Å². The van der Waals surface area contributed by atoms with Crippen LogP contribution in [0.4, 0.5) is 23.0 Å². The van der Waals surface area contributed by atoms with Crippen molar-refractivity contribution in [2.45, 2.75) is 6.10 Å².